The molecule has 0 bridgehead atoms. The van der Waals surface area contributed by atoms with Gasteiger partial charge in [-0.1, -0.05) is 42.0 Å². The van der Waals surface area contributed by atoms with Crippen LogP contribution in [-0.2, 0) is 30.9 Å². The fourth-order valence-electron chi connectivity index (χ4n) is 2.93. The summed E-state index contributed by atoms with van der Waals surface area (Å²) in [5.74, 6) is 2.19. The normalized spacial score (nSPS) is 12.3. The van der Waals surface area contributed by atoms with Crippen molar-refractivity contribution < 1.29 is 17.3 Å². The van der Waals surface area contributed by atoms with Gasteiger partial charge >= 0.3 is 8.56 Å². The van der Waals surface area contributed by atoms with E-state index in [2.05, 4.69) is 6.55 Å². The van der Waals surface area contributed by atoms with Crippen molar-refractivity contribution in [1.82, 2.24) is 0 Å². The number of thioether (sulfide) groups is 1. The van der Waals surface area contributed by atoms with Gasteiger partial charge in [0.05, 0.1) is 10.6 Å². The zero-order valence-electron chi connectivity index (χ0n) is 17.8. The summed E-state index contributed by atoms with van der Waals surface area (Å²) in [6.07, 6.45) is 2.09. The topological polar surface area (TPSA) is 52.6 Å². The molecule has 0 atom stereocenters. The van der Waals surface area contributed by atoms with Crippen LogP contribution < -0.4 is 0 Å². The van der Waals surface area contributed by atoms with Gasteiger partial charge in [0, 0.05) is 14.2 Å². The second kappa shape index (κ2) is 11.3. The molecule has 0 radical (unpaired) electrons. The molecule has 29 heavy (non-hydrogen) atoms. The van der Waals surface area contributed by atoms with Gasteiger partial charge in [0.15, 0.2) is 9.84 Å². The van der Waals surface area contributed by atoms with Crippen LogP contribution in [0.1, 0.15) is 23.1 Å². The van der Waals surface area contributed by atoms with Crippen LogP contribution in [0.15, 0.2) is 53.4 Å². The Morgan fingerprint density at radius 3 is 2.07 bits per heavy atom. The number of hydrogen-bond acceptors (Lipinski definition) is 5. The van der Waals surface area contributed by atoms with Crippen molar-refractivity contribution >= 4 is 30.2 Å². The molecule has 2 aromatic rings. The Morgan fingerprint density at radius 1 is 0.897 bits per heavy atom. The van der Waals surface area contributed by atoms with Crippen LogP contribution in [0.4, 0.5) is 0 Å². The minimum Gasteiger partial charge on any atom is -0.398 e. The molecular formula is C22H32O4S2Si. The van der Waals surface area contributed by atoms with Crippen LogP contribution in [0.25, 0.3) is 0 Å². The van der Waals surface area contributed by atoms with E-state index >= 15 is 0 Å². The monoisotopic (exact) mass is 452 g/mol. The highest BCUT2D eigenvalue weighted by Crippen LogP contribution is 2.19. The first-order valence-corrected chi connectivity index (χ1v) is 15.2. The minimum absolute atomic E-state index is 0.0345. The maximum Gasteiger partial charge on any atom is 0.334 e. The summed E-state index contributed by atoms with van der Waals surface area (Å²) in [5, 5.41) is 0. The van der Waals surface area contributed by atoms with Crippen molar-refractivity contribution in [2.45, 2.75) is 43.0 Å². The van der Waals surface area contributed by atoms with Gasteiger partial charge in [-0.3, -0.25) is 0 Å². The maximum atomic E-state index is 12.6. The second-order valence-corrected chi connectivity index (χ2v) is 14.2. The van der Waals surface area contributed by atoms with Gasteiger partial charge in [-0.05, 0) is 67.1 Å². The number of aryl methyl sites for hydroxylation is 2. The molecular weight excluding hydrogens is 420 g/mol. The Labute approximate surface area is 181 Å². The molecule has 0 aliphatic carbocycles. The molecule has 0 aromatic heterocycles. The smallest absolute Gasteiger partial charge is 0.334 e. The Kier molecular flexibility index (Phi) is 9.42. The van der Waals surface area contributed by atoms with Crippen LogP contribution in [0.5, 0.6) is 0 Å². The second-order valence-electron chi connectivity index (χ2n) is 7.40. The summed E-state index contributed by atoms with van der Waals surface area (Å²) < 4.78 is 36.1. The summed E-state index contributed by atoms with van der Waals surface area (Å²) in [6, 6.07) is 16.0. The highest BCUT2D eigenvalue weighted by molar-refractivity contribution is 7.99. The molecule has 0 aliphatic rings. The van der Waals surface area contributed by atoms with Gasteiger partial charge in [0.25, 0.3) is 0 Å². The molecule has 2 rings (SSSR count). The molecule has 0 unspecified atom stereocenters. The summed E-state index contributed by atoms with van der Waals surface area (Å²) in [7, 11) is -1.78. The van der Waals surface area contributed by atoms with Crippen LogP contribution in [-0.4, -0.2) is 42.7 Å². The van der Waals surface area contributed by atoms with Gasteiger partial charge in [0.1, 0.15) is 0 Å². The van der Waals surface area contributed by atoms with Crippen molar-refractivity contribution in [2.75, 3.05) is 25.7 Å². The quantitative estimate of drug-likeness (QED) is 0.335. The van der Waals surface area contributed by atoms with Gasteiger partial charge in [-0.2, -0.15) is 11.8 Å². The third-order valence-electron chi connectivity index (χ3n) is 5.08. The Bertz CT molecular complexity index is 845. The molecule has 7 heteroatoms. The van der Waals surface area contributed by atoms with E-state index < -0.39 is 18.4 Å². The molecule has 2 aromatic carbocycles. The molecule has 160 valence electrons. The SMILES string of the molecule is CO[Si](C)(CCCSCCc1ccc(CS(=O)(=O)c2ccc(C)cc2)cc1)OC. The highest BCUT2D eigenvalue weighted by atomic mass is 32.2. The predicted octanol–water partition coefficient (Wildman–Crippen LogP) is 5.00. The molecule has 0 N–H and O–H groups in total. The van der Waals surface area contributed by atoms with Crippen molar-refractivity contribution in [2.24, 2.45) is 0 Å². The van der Waals surface area contributed by atoms with Crippen molar-refractivity contribution in [3.63, 3.8) is 0 Å². The summed E-state index contributed by atoms with van der Waals surface area (Å²) in [6.45, 7) is 4.05. The first-order valence-electron chi connectivity index (χ1n) is 9.83. The van der Waals surface area contributed by atoms with E-state index in [1.165, 1.54) is 5.56 Å². The van der Waals surface area contributed by atoms with Gasteiger partial charge < -0.3 is 8.85 Å². The van der Waals surface area contributed by atoms with Gasteiger partial charge in [-0.25, -0.2) is 8.42 Å². The lowest BCUT2D eigenvalue weighted by Crippen LogP contribution is -2.35. The third kappa shape index (κ3) is 7.90. The van der Waals surface area contributed by atoms with Gasteiger partial charge in [0.2, 0.25) is 0 Å². The fraction of sp³-hybridized carbons (Fsp3) is 0.455. The Morgan fingerprint density at radius 2 is 1.48 bits per heavy atom. The summed E-state index contributed by atoms with van der Waals surface area (Å²) >= 11 is 1.94. The van der Waals surface area contributed by atoms with Crippen molar-refractivity contribution in [3.05, 3.63) is 65.2 Å². The molecule has 0 saturated heterocycles. The van der Waals surface area contributed by atoms with Crippen LogP contribution >= 0.6 is 11.8 Å². The van der Waals surface area contributed by atoms with Gasteiger partial charge in [-0.15, -0.1) is 0 Å². The largest absolute Gasteiger partial charge is 0.398 e. The zero-order valence-corrected chi connectivity index (χ0v) is 20.4. The van der Waals surface area contributed by atoms with Crippen LogP contribution in [0, 0.1) is 6.92 Å². The lowest BCUT2D eigenvalue weighted by Gasteiger charge is -2.22. The molecule has 0 fully saturated rings. The number of sulfone groups is 1. The maximum absolute atomic E-state index is 12.6. The predicted molar refractivity (Wildman–Crippen MR) is 125 cm³/mol. The first-order chi connectivity index (χ1) is 13.8. The molecule has 0 spiro atoms. The minimum atomic E-state index is -3.31. The van der Waals surface area contributed by atoms with E-state index in [1.807, 2.05) is 55.1 Å². The number of rotatable bonds is 12. The lowest BCUT2D eigenvalue weighted by molar-refractivity contribution is 0.249. The molecule has 0 amide bonds. The highest BCUT2D eigenvalue weighted by Gasteiger charge is 2.27. The van der Waals surface area contributed by atoms with Crippen LogP contribution in [0.3, 0.4) is 0 Å². The fourth-order valence-corrected chi connectivity index (χ4v) is 6.86. The summed E-state index contributed by atoms with van der Waals surface area (Å²) in [5.41, 5.74) is 3.12. The average Bonchev–Trinajstić information content (AvgIpc) is 2.71. The number of benzene rings is 2. The van der Waals surface area contributed by atoms with E-state index in [-0.39, 0.29) is 5.75 Å². The van der Waals surface area contributed by atoms with Crippen LogP contribution in [0.2, 0.25) is 12.6 Å². The number of hydrogen-bond donors (Lipinski definition) is 0. The Balaban J connectivity index is 1.76. The van der Waals surface area contributed by atoms with E-state index in [9.17, 15) is 8.42 Å². The summed E-state index contributed by atoms with van der Waals surface area (Å²) in [4.78, 5) is 0.379. The zero-order chi connectivity index (χ0) is 21.3. The van der Waals surface area contributed by atoms with E-state index in [1.54, 1.807) is 26.4 Å². The van der Waals surface area contributed by atoms with E-state index in [0.29, 0.717) is 4.90 Å². The molecule has 0 aliphatic heterocycles. The third-order valence-corrected chi connectivity index (χ3v) is 10.8. The first kappa shape index (κ1) is 24.1. The molecule has 0 saturated carbocycles. The van der Waals surface area contributed by atoms with E-state index in [4.69, 9.17) is 8.85 Å². The average molecular weight is 453 g/mol. The van der Waals surface area contributed by atoms with E-state index in [0.717, 1.165) is 41.5 Å². The Hall–Kier alpha value is -1.12. The lowest BCUT2D eigenvalue weighted by atomic mass is 10.1. The molecule has 0 heterocycles. The molecule has 4 nitrogen and oxygen atoms in total. The van der Waals surface area contributed by atoms with Crippen molar-refractivity contribution in [3.8, 4) is 0 Å². The standard InChI is InChI=1S/C22H32O4S2Si/c1-19-6-12-22(13-7-19)28(23,24)18-21-10-8-20(9-11-21)14-16-27-15-5-17-29(4,25-2)26-3/h6-13H,5,14-18H2,1-4H3. The van der Waals surface area contributed by atoms with Crippen molar-refractivity contribution in [1.29, 1.82) is 0 Å².